The summed E-state index contributed by atoms with van der Waals surface area (Å²) in [6, 6.07) is 8.09. The Kier molecular flexibility index (Phi) is 5.57. The molecule has 1 aliphatic rings. The number of H-pyrrole nitrogens is 1. The smallest absolute Gasteiger partial charge is 0.416 e. The number of esters is 1. The molecule has 0 unspecified atom stereocenters. The largest absolute Gasteiger partial charge is 0.462 e. The molecule has 1 N–H and O–H groups in total. The first-order valence-electron chi connectivity index (χ1n) is 11.2. The Morgan fingerprint density at radius 3 is 2.59 bits per heavy atom. The molecule has 1 aliphatic heterocycles. The van der Waals surface area contributed by atoms with E-state index in [4.69, 9.17) is 4.74 Å². The number of hydrogen-bond donors (Lipinski definition) is 1. The first kappa shape index (κ1) is 24.2. The molecule has 13 heteroatoms. The van der Waals surface area contributed by atoms with Gasteiger partial charge in [-0.2, -0.15) is 17.8 Å². The summed E-state index contributed by atoms with van der Waals surface area (Å²) in [6.07, 6.45) is -3.66. The van der Waals surface area contributed by atoms with Gasteiger partial charge in [-0.05, 0) is 49.2 Å². The average Bonchev–Trinajstić information content (AvgIpc) is 3.39. The number of nitrogens with zero attached hydrogens (tertiary/aromatic N) is 4. The standard InChI is InChI=1S/C24H20F3N5O5/c1-3-37-21(34)15-12-30(13-7-8-19-17(11-13)28-22(35)29(19)2)23(36)32(20(15)33)31-10-9-14-16(24(25,26)27)5-4-6-18(14)31/h4-8,11-12H,3,9-10H2,1-2H3,(H,28,35). The van der Waals surface area contributed by atoms with Gasteiger partial charge in [0, 0.05) is 19.8 Å². The second-order valence-electron chi connectivity index (χ2n) is 8.40. The van der Waals surface area contributed by atoms with Crippen LogP contribution in [0.5, 0.6) is 0 Å². The van der Waals surface area contributed by atoms with Crippen LogP contribution in [0.15, 0.2) is 57.0 Å². The Labute approximate surface area is 205 Å². The van der Waals surface area contributed by atoms with Crippen molar-refractivity contribution in [3.8, 4) is 5.69 Å². The van der Waals surface area contributed by atoms with E-state index in [1.165, 1.54) is 28.8 Å². The van der Waals surface area contributed by atoms with Crippen molar-refractivity contribution in [1.82, 2.24) is 18.8 Å². The summed E-state index contributed by atoms with van der Waals surface area (Å²) in [6.45, 7) is 1.40. The van der Waals surface area contributed by atoms with Crippen molar-refractivity contribution in [3.05, 3.63) is 90.6 Å². The molecule has 37 heavy (non-hydrogen) atoms. The van der Waals surface area contributed by atoms with Crippen LogP contribution in [0.4, 0.5) is 18.9 Å². The maximum atomic E-state index is 13.6. The van der Waals surface area contributed by atoms with Crippen LogP contribution in [-0.4, -0.2) is 37.9 Å². The number of ether oxygens (including phenoxy) is 1. The van der Waals surface area contributed by atoms with Gasteiger partial charge < -0.3 is 9.72 Å². The Hall–Kier alpha value is -4.55. The number of carbonyl (C=O) groups is 1. The minimum absolute atomic E-state index is 0.0319. The lowest BCUT2D eigenvalue weighted by Gasteiger charge is -2.23. The first-order chi connectivity index (χ1) is 17.5. The number of aryl methyl sites for hydroxylation is 1. The fraction of sp³-hybridized carbons (Fsp3) is 0.250. The lowest BCUT2D eigenvalue weighted by Crippen LogP contribution is -2.51. The number of alkyl halides is 3. The molecule has 0 saturated heterocycles. The molecule has 3 heterocycles. The molecule has 10 nitrogen and oxygen atoms in total. The van der Waals surface area contributed by atoms with Crippen molar-refractivity contribution < 1.29 is 22.7 Å². The number of rotatable bonds is 4. The topological polar surface area (TPSA) is 111 Å². The van der Waals surface area contributed by atoms with Crippen LogP contribution in [0, 0.1) is 0 Å². The van der Waals surface area contributed by atoms with E-state index in [9.17, 15) is 32.3 Å². The van der Waals surface area contributed by atoms with Gasteiger partial charge in [-0.3, -0.25) is 18.9 Å². The second-order valence-corrected chi connectivity index (χ2v) is 8.40. The summed E-state index contributed by atoms with van der Waals surface area (Å²) in [7, 11) is 1.56. The van der Waals surface area contributed by atoms with Gasteiger partial charge in [0.15, 0.2) is 0 Å². The highest BCUT2D eigenvalue weighted by Gasteiger charge is 2.38. The maximum absolute atomic E-state index is 13.6. The van der Waals surface area contributed by atoms with E-state index in [2.05, 4.69) is 4.98 Å². The number of fused-ring (bicyclic) bond motifs is 2. The average molecular weight is 515 g/mol. The summed E-state index contributed by atoms with van der Waals surface area (Å²) in [5.41, 5.74) is -2.54. The van der Waals surface area contributed by atoms with E-state index >= 15 is 0 Å². The van der Waals surface area contributed by atoms with Gasteiger partial charge >= 0.3 is 23.5 Å². The summed E-state index contributed by atoms with van der Waals surface area (Å²) in [5.74, 6) is -0.993. The van der Waals surface area contributed by atoms with Crippen molar-refractivity contribution in [2.45, 2.75) is 19.5 Å². The van der Waals surface area contributed by atoms with E-state index in [0.717, 1.165) is 21.8 Å². The van der Waals surface area contributed by atoms with Gasteiger partial charge in [0.2, 0.25) is 0 Å². The van der Waals surface area contributed by atoms with Gasteiger partial charge in [0.05, 0.1) is 34.6 Å². The van der Waals surface area contributed by atoms with Crippen LogP contribution in [0.2, 0.25) is 0 Å². The normalized spacial score (nSPS) is 13.3. The van der Waals surface area contributed by atoms with Gasteiger partial charge in [-0.25, -0.2) is 14.4 Å². The van der Waals surface area contributed by atoms with Gasteiger partial charge in [-0.15, -0.1) is 0 Å². The first-order valence-corrected chi connectivity index (χ1v) is 11.2. The van der Waals surface area contributed by atoms with E-state index < -0.39 is 34.5 Å². The third-order valence-electron chi connectivity index (χ3n) is 6.28. The molecule has 0 bridgehead atoms. The highest BCUT2D eigenvalue weighted by molar-refractivity contribution is 5.89. The monoisotopic (exact) mass is 515 g/mol. The molecule has 0 aliphatic carbocycles. The number of aromatic nitrogens is 4. The van der Waals surface area contributed by atoms with Crippen LogP contribution in [0.3, 0.4) is 0 Å². The molecule has 192 valence electrons. The molecule has 4 aromatic rings. The lowest BCUT2D eigenvalue weighted by atomic mass is 10.0. The number of benzene rings is 2. The predicted octanol–water partition coefficient (Wildman–Crippen LogP) is 2.20. The SMILES string of the molecule is CCOC(=O)c1cn(-c2ccc3c(c2)[nH]c(=O)n3C)c(=O)n(N2CCc3c2cccc3C(F)(F)F)c1=O. The number of anilines is 1. The van der Waals surface area contributed by atoms with E-state index in [0.29, 0.717) is 15.7 Å². The summed E-state index contributed by atoms with van der Waals surface area (Å²) < 4.78 is 48.8. The summed E-state index contributed by atoms with van der Waals surface area (Å²) in [5, 5.41) is 1.14. The highest BCUT2D eigenvalue weighted by Crippen LogP contribution is 2.39. The number of carbonyl (C=O) groups excluding carboxylic acids is 1. The molecule has 0 amide bonds. The van der Waals surface area contributed by atoms with Gasteiger partial charge in [0.1, 0.15) is 5.56 Å². The zero-order chi connectivity index (χ0) is 26.6. The summed E-state index contributed by atoms with van der Waals surface area (Å²) >= 11 is 0. The van der Waals surface area contributed by atoms with Crippen molar-refractivity contribution >= 4 is 22.7 Å². The molecular weight excluding hydrogens is 495 g/mol. The Bertz CT molecular complexity index is 1740. The maximum Gasteiger partial charge on any atom is 0.416 e. The Balaban J connectivity index is 1.76. The van der Waals surface area contributed by atoms with Gasteiger partial charge in [0.25, 0.3) is 5.56 Å². The van der Waals surface area contributed by atoms with Crippen LogP contribution < -0.4 is 21.9 Å². The van der Waals surface area contributed by atoms with Gasteiger partial charge in [-0.1, -0.05) is 6.07 Å². The molecule has 0 saturated carbocycles. The number of aromatic amines is 1. The van der Waals surface area contributed by atoms with Crippen LogP contribution in [-0.2, 0) is 24.4 Å². The van der Waals surface area contributed by atoms with Crippen LogP contribution >= 0.6 is 0 Å². The van der Waals surface area contributed by atoms with Crippen molar-refractivity contribution in [3.63, 3.8) is 0 Å². The number of halogens is 3. The molecule has 0 fully saturated rings. The van der Waals surface area contributed by atoms with Crippen molar-refractivity contribution in [2.75, 3.05) is 18.2 Å². The van der Waals surface area contributed by atoms with Crippen LogP contribution in [0.1, 0.15) is 28.4 Å². The van der Waals surface area contributed by atoms with E-state index in [1.54, 1.807) is 20.0 Å². The van der Waals surface area contributed by atoms with Crippen molar-refractivity contribution in [2.24, 2.45) is 7.05 Å². The Morgan fingerprint density at radius 2 is 1.89 bits per heavy atom. The van der Waals surface area contributed by atoms with Crippen LogP contribution in [0.25, 0.3) is 16.7 Å². The molecule has 0 atom stereocenters. The lowest BCUT2D eigenvalue weighted by molar-refractivity contribution is -0.138. The number of imidazole rings is 1. The fourth-order valence-corrected chi connectivity index (χ4v) is 4.55. The number of hydrogen-bond acceptors (Lipinski definition) is 6. The summed E-state index contributed by atoms with van der Waals surface area (Å²) in [4.78, 5) is 54.3. The molecule has 2 aromatic heterocycles. The zero-order valence-corrected chi connectivity index (χ0v) is 19.6. The fourth-order valence-electron chi connectivity index (χ4n) is 4.55. The number of nitrogens with one attached hydrogen (secondary N) is 1. The quantitative estimate of drug-likeness (QED) is 0.417. The highest BCUT2D eigenvalue weighted by atomic mass is 19.4. The molecule has 2 aromatic carbocycles. The second kappa shape index (κ2) is 8.54. The van der Waals surface area contributed by atoms with Crippen molar-refractivity contribution in [1.29, 1.82) is 0 Å². The molecular formula is C24H20F3N5O5. The third-order valence-corrected chi connectivity index (χ3v) is 6.28. The third kappa shape index (κ3) is 3.82. The zero-order valence-electron chi connectivity index (χ0n) is 19.6. The van der Waals surface area contributed by atoms with E-state index in [1.807, 2.05) is 0 Å². The molecule has 0 spiro atoms. The molecule has 5 rings (SSSR count). The Morgan fingerprint density at radius 1 is 1.14 bits per heavy atom. The van der Waals surface area contributed by atoms with E-state index in [-0.39, 0.29) is 42.2 Å². The molecule has 0 radical (unpaired) electrons. The minimum atomic E-state index is -4.62. The predicted molar refractivity (Wildman–Crippen MR) is 127 cm³/mol. The minimum Gasteiger partial charge on any atom is -0.462 e.